The zero-order valence-electron chi connectivity index (χ0n) is 8.36. The molecule has 2 heterocycles. The van der Waals surface area contributed by atoms with Crippen LogP contribution in [0.3, 0.4) is 0 Å². The molecule has 76 valence electrons. The van der Waals surface area contributed by atoms with Gasteiger partial charge in [0, 0.05) is 11.9 Å². The summed E-state index contributed by atoms with van der Waals surface area (Å²) in [6.07, 6.45) is 0.929. The van der Waals surface area contributed by atoms with Gasteiger partial charge in [-0.2, -0.15) is 0 Å². The minimum Gasteiger partial charge on any atom is -0.324 e. The van der Waals surface area contributed by atoms with Crippen molar-refractivity contribution < 1.29 is 4.79 Å². The van der Waals surface area contributed by atoms with Crippen molar-refractivity contribution in [1.29, 1.82) is 0 Å². The monoisotopic (exact) mass is 210 g/mol. The lowest BCUT2D eigenvalue weighted by molar-refractivity contribution is -0.128. The quantitative estimate of drug-likeness (QED) is 0.804. The van der Waals surface area contributed by atoms with Gasteiger partial charge < -0.3 is 4.90 Å². The van der Waals surface area contributed by atoms with E-state index in [0.29, 0.717) is 0 Å². The summed E-state index contributed by atoms with van der Waals surface area (Å²) in [7, 11) is 1.86. The topological polar surface area (TPSA) is 32.3 Å². The van der Waals surface area contributed by atoms with Crippen molar-refractivity contribution in [2.45, 2.75) is 25.6 Å². The fourth-order valence-electron chi connectivity index (χ4n) is 1.76. The first kappa shape index (κ1) is 9.68. The van der Waals surface area contributed by atoms with Crippen molar-refractivity contribution in [2.75, 3.05) is 7.05 Å². The van der Waals surface area contributed by atoms with Gasteiger partial charge in [-0.15, -0.1) is 11.3 Å². The Morgan fingerprint density at radius 2 is 2.43 bits per heavy atom. The van der Waals surface area contributed by atoms with Gasteiger partial charge in [0.15, 0.2) is 0 Å². The Balaban J connectivity index is 2.20. The van der Waals surface area contributed by atoms with E-state index in [-0.39, 0.29) is 18.1 Å². The lowest BCUT2D eigenvalue weighted by atomic mass is 10.2. The van der Waals surface area contributed by atoms with E-state index in [9.17, 15) is 4.79 Å². The maximum atomic E-state index is 11.7. The fraction of sp³-hybridized carbons (Fsp3) is 0.500. The van der Waals surface area contributed by atoms with Gasteiger partial charge in [-0.25, -0.2) is 0 Å². The maximum Gasteiger partial charge on any atom is 0.241 e. The number of nitrogens with zero attached hydrogens (tertiary/aromatic N) is 1. The average molecular weight is 210 g/mol. The number of thiophene rings is 1. The van der Waals surface area contributed by atoms with Gasteiger partial charge in [0.05, 0.1) is 6.04 Å². The Morgan fingerprint density at radius 1 is 1.64 bits per heavy atom. The summed E-state index contributed by atoms with van der Waals surface area (Å²) in [4.78, 5) is 14.7. The van der Waals surface area contributed by atoms with Crippen molar-refractivity contribution in [1.82, 2.24) is 10.2 Å². The summed E-state index contributed by atoms with van der Waals surface area (Å²) in [5.74, 6) is 0.200. The number of nitrogens with one attached hydrogen (secondary N) is 1. The second-order valence-corrected chi connectivity index (χ2v) is 4.47. The Hall–Kier alpha value is -0.870. The van der Waals surface area contributed by atoms with E-state index < -0.39 is 0 Å². The number of rotatable bonds is 2. The van der Waals surface area contributed by atoms with Crippen molar-refractivity contribution in [2.24, 2.45) is 0 Å². The number of hydrogen-bond donors (Lipinski definition) is 1. The predicted octanol–water partition coefficient (Wildman–Crippen LogP) is 1.59. The number of hydrogen-bond acceptors (Lipinski definition) is 3. The van der Waals surface area contributed by atoms with Gasteiger partial charge in [0.25, 0.3) is 0 Å². The van der Waals surface area contributed by atoms with E-state index in [0.717, 1.165) is 6.42 Å². The normalized spacial score (nSPS) is 27.3. The van der Waals surface area contributed by atoms with E-state index in [4.69, 9.17) is 0 Å². The van der Waals surface area contributed by atoms with E-state index in [2.05, 4.69) is 11.4 Å². The second-order valence-electron chi connectivity index (χ2n) is 3.49. The first-order chi connectivity index (χ1) is 6.74. The van der Waals surface area contributed by atoms with Gasteiger partial charge >= 0.3 is 0 Å². The third-order valence-electron chi connectivity index (χ3n) is 2.61. The third-order valence-corrected chi connectivity index (χ3v) is 3.54. The largest absolute Gasteiger partial charge is 0.324 e. The van der Waals surface area contributed by atoms with Gasteiger partial charge in [-0.05, 0) is 17.9 Å². The molecule has 1 aliphatic rings. The Labute approximate surface area is 87.7 Å². The van der Waals surface area contributed by atoms with Crippen molar-refractivity contribution in [3.8, 4) is 0 Å². The van der Waals surface area contributed by atoms with Crippen LogP contribution in [0.1, 0.15) is 24.4 Å². The van der Waals surface area contributed by atoms with Crippen LogP contribution in [0.15, 0.2) is 17.5 Å². The molecule has 4 heteroatoms. The fourth-order valence-corrected chi connectivity index (χ4v) is 2.59. The number of carbonyl (C=O) groups is 1. The molecule has 0 aromatic carbocycles. The molecule has 0 spiro atoms. The first-order valence-corrected chi connectivity index (χ1v) is 5.68. The number of carbonyl (C=O) groups excluding carboxylic acids is 1. The van der Waals surface area contributed by atoms with Crippen molar-refractivity contribution >= 4 is 17.2 Å². The van der Waals surface area contributed by atoms with Crippen molar-refractivity contribution in [3.63, 3.8) is 0 Å². The van der Waals surface area contributed by atoms with Crippen LogP contribution in [0.4, 0.5) is 0 Å². The molecule has 0 bridgehead atoms. The molecule has 1 amide bonds. The van der Waals surface area contributed by atoms with Gasteiger partial charge in [-0.3, -0.25) is 10.1 Å². The molecule has 14 heavy (non-hydrogen) atoms. The van der Waals surface area contributed by atoms with E-state index >= 15 is 0 Å². The highest BCUT2D eigenvalue weighted by atomic mass is 32.1. The minimum absolute atomic E-state index is 0.00731. The summed E-state index contributed by atoms with van der Waals surface area (Å²) >= 11 is 1.68. The van der Waals surface area contributed by atoms with Crippen LogP contribution in [-0.4, -0.2) is 23.9 Å². The maximum absolute atomic E-state index is 11.7. The second kappa shape index (κ2) is 3.71. The highest BCUT2D eigenvalue weighted by Crippen LogP contribution is 2.27. The third kappa shape index (κ3) is 1.44. The summed E-state index contributed by atoms with van der Waals surface area (Å²) < 4.78 is 0. The zero-order valence-corrected chi connectivity index (χ0v) is 9.17. The Kier molecular flexibility index (Phi) is 2.56. The van der Waals surface area contributed by atoms with Crippen LogP contribution < -0.4 is 5.32 Å². The predicted molar refractivity (Wildman–Crippen MR) is 57.0 cm³/mol. The lowest BCUT2D eigenvalue weighted by Crippen LogP contribution is -2.27. The summed E-state index contributed by atoms with van der Waals surface area (Å²) in [5.41, 5.74) is 0. The van der Waals surface area contributed by atoms with Gasteiger partial charge in [0.2, 0.25) is 5.91 Å². The Morgan fingerprint density at radius 3 is 2.93 bits per heavy atom. The Bertz CT molecular complexity index is 323. The molecule has 1 fully saturated rings. The molecule has 2 rings (SSSR count). The van der Waals surface area contributed by atoms with Crippen LogP contribution in [0.25, 0.3) is 0 Å². The van der Waals surface area contributed by atoms with Gasteiger partial charge in [0.1, 0.15) is 6.17 Å². The molecule has 1 aromatic heterocycles. The van der Waals surface area contributed by atoms with E-state index in [1.807, 2.05) is 25.4 Å². The standard InChI is InChI=1S/C10H14N2OS/c1-3-7-10(13)12(2)9(11-7)8-5-4-6-14-8/h4-7,9,11H,3H2,1-2H3. The first-order valence-electron chi connectivity index (χ1n) is 4.80. The molecule has 1 aromatic rings. The molecular weight excluding hydrogens is 196 g/mol. The van der Waals surface area contributed by atoms with Crippen LogP contribution in [0.2, 0.25) is 0 Å². The zero-order chi connectivity index (χ0) is 10.1. The minimum atomic E-state index is -0.00731. The molecule has 1 N–H and O–H groups in total. The number of amides is 1. The molecule has 3 nitrogen and oxygen atoms in total. The molecule has 2 atom stereocenters. The highest BCUT2D eigenvalue weighted by Gasteiger charge is 2.36. The van der Waals surface area contributed by atoms with Crippen LogP contribution >= 0.6 is 11.3 Å². The van der Waals surface area contributed by atoms with Crippen LogP contribution in [-0.2, 0) is 4.79 Å². The molecule has 1 aliphatic heterocycles. The van der Waals surface area contributed by atoms with E-state index in [1.165, 1.54) is 4.88 Å². The molecular formula is C10H14N2OS. The average Bonchev–Trinajstić information content (AvgIpc) is 2.78. The highest BCUT2D eigenvalue weighted by molar-refractivity contribution is 7.10. The number of likely N-dealkylation sites (N-methyl/N-ethyl adjacent to an activating group) is 1. The summed E-state index contributed by atoms with van der Waals surface area (Å²) in [6.45, 7) is 2.03. The van der Waals surface area contributed by atoms with Crippen LogP contribution in [0.5, 0.6) is 0 Å². The molecule has 0 aliphatic carbocycles. The van der Waals surface area contributed by atoms with Crippen molar-refractivity contribution in [3.05, 3.63) is 22.4 Å². The molecule has 2 unspecified atom stereocenters. The molecule has 0 radical (unpaired) electrons. The SMILES string of the molecule is CCC1NC(c2cccs2)N(C)C1=O. The smallest absolute Gasteiger partial charge is 0.241 e. The van der Waals surface area contributed by atoms with E-state index in [1.54, 1.807) is 16.2 Å². The summed E-state index contributed by atoms with van der Waals surface area (Å²) in [6, 6.07) is 4.07. The molecule has 1 saturated heterocycles. The van der Waals surface area contributed by atoms with Crippen LogP contribution in [0, 0.1) is 0 Å². The van der Waals surface area contributed by atoms with Gasteiger partial charge in [-0.1, -0.05) is 13.0 Å². The molecule has 0 saturated carbocycles. The lowest BCUT2D eigenvalue weighted by Gasteiger charge is -2.17. The summed E-state index contributed by atoms with van der Waals surface area (Å²) in [5, 5.41) is 5.37.